The Balaban J connectivity index is 2.51. The van der Waals surface area contributed by atoms with Gasteiger partial charge in [0.25, 0.3) is 0 Å². The SMILES string of the molecule is CC(=O)C1=C2CCC(=O)C2(C)CCC1. The van der Waals surface area contributed by atoms with Gasteiger partial charge in [0, 0.05) is 11.8 Å². The molecule has 2 rings (SSSR count). The highest BCUT2D eigenvalue weighted by Crippen LogP contribution is 2.49. The lowest BCUT2D eigenvalue weighted by Gasteiger charge is -2.30. The van der Waals surface area contributed by atoms with Gasteiger partial charge in [0.05, 0.1) is 0 Å². The van der Waals surface area contributed by atoms with E-state index in [4.69, 9.17) is 0 Å². The molecule has 2 aliphatic rings. The van der Waals surface area contributed by atoms with E-state index in [1.165, 1.54) is 0 Å². The molecule has 1 saturated carbocycles. The second-order valence-electron chi connectivity index (χ2n) is 4.62. The number of carbonyl (C=O) groups excluding carboxylic acids is 2. The second kappa shape index (κ2) is 3.04. The third kappa shape index (κ3) is 1.17. The number of carbonyl (C=O) groups is 2. The molecule has 1 atom stereocenters. The van der Waals surface area contributed by atoms with Gasteiger partial charge >= 0.3 is 0 Å². The molecule has 0 saturated heterocycles. The van der Waals surface area contributed by atoms with Gasteiger partial charge < -0.3 is 0 Å². The van der Waals surface area contributed by atoms with Crippen LogP contribution in [-0.4, -0.2) is 11.6 Å². The quantitative estimate of drug-likeness (QED) is 0.639. The van der Waals surface area contributed by atoms with Crippen LogP contribution in [0.25, 0.3) is 0 Å². The maximum Gasteiger partial charge on any atom is 0.155 e. The first-order valence-electron chi connectivity index (χ1n) is 5.32. The van der Waals surface area contributed by atoms with Gasteiger partial charge in [-0.2, -0.15) is 0 Å². The number of hydrogen-bond acceptors (Lipinski definition) is 2. The van der Waals surface area contributed by atoms with E-state index in [2.05, 4.69) is 0 Å². The van der Waals surface area contributed by atoms with Crippen molar-refractivity contribution in [2.75, 3.05) is 0 Å². The number of rotatable bonds is 1. The van der Waals surface area contributed by atoms with E-state index in [-0.39, 0.29) is 11.2 Å². The van der Waals surface area contributed by atoms with Crippen molar-refractivity contribution in [3.8, 4) is 0 Å². The largest absolute Gasteiger partial charge is 0.299 e. The topological polar surface area (TPSA) is 34.1 Å². The molecular weight excluding hydrogens is 176 g/mol. The van der Waals surface area contributed by atoms with Crippen LogP contribution in [0.4, 0.5) is 0 Å². The van der Waals surface area contributed by atoms with E-state index in [0.29, 0.717) is 12.2 Å². The number of allylic oxidation sites excluding steroid dienone is 2. The van der Waals surface area contributed by atoms with E-state index in [1.807, 2.05) is 6.92 Å². The first kappa shape index (κ1) is 9.63. The minimum atomic E-state index is -0.279. The molecule has 0 spiro atoms. The van der Waals surface area contributed by atoms with E-state index in [1.54, 1.807) is 6.92 Å². The predicted molar refractivity (Wildman–Crippen MR) is 53.9 cm³/mol. The van der Waals surface area contributed by atoms with Gasteiger partial charge in [-0.05, 0) is 50.7 Å². The maximum atomic E-state index is 11.8. The van der Waals surface area contributed by atoms with Crippen LogP contribution in [0.2, 0.25) is 0 Å². The Labute approximate surface area is 84.4 Å². The zero-order valence-corrected chi connectivity index (χ0v) is 8.85. The Morgan fingerprint density at radius 3 is 2.64 bits per heavy atom. The van der Waals surface area contributed by atoms with Crippen LogP contribution in [0.1, 0.15) is 46.0 Å². The minimum Gasteiger partial charge on any atom is -0.299 e. The van der Waals surface area contributed by atoms with E-state index < -0.39 is 0 Å². The predicted octanol–water partition coefficient (Wildman–Crippen LogP) is 2.43. The molecule has 0 aliphatic heterocycles. The molecule has 1 fully saturated rings. The lowest BCUT2D eigenvalue weighted by molar-refractivity contribution is -0.124. The lowest BCUT2D eigenvalue weighted by atomic mass is 9.72. The Hall–Kier alpha value is -0.920. The number of hydrogen-bond donors (Lipinski definition) is 0. The molecule has 14 heavy (non-hydrogen) atoms. The van der Waals surface area contributed by atoms with Crippen LogP contribution in [0, 0.1) is 5.41 Å². The molecular formula is C12H16O2. The molecule has 0 bridgehead atoms. The lowest BCUT2D eigenvalue weighted by Crippen LogP contribution is -2.28. The average Bonchev–Trinajstić information content (AvgIpc) is 2.42. The van der Waals surface area contributed by atoms with Gasteiger partial charge in [0.15, 0.2) is 5.78 Å². The van der Waals surface area contributed by atoms with Gasteiger partial charge in [0.2, 0.25) is 0 Å². The molecule has 2 heteroatoms. The molecule has 0 aromatic carbocycles. The average molecular weight is 192 g/mol. The highest BCUT2D eigenvalue weighted by molar-refractivity contribution is 5.99. The first-order valence-corrected chi connectivity index (χ1v) is 5.32. The van der Waals surface area contributed by atoms with Crippen molar-refractivity contribution in [1.82, 2.24) is 0 Å². The number of fused-ring (bicyclic) bond motifs is 1. The van der Waals surface area contributed by atoms with E-state index in [9.17, 15) is 9.59 Å². The summed E-state index contributed by atoms with van der Waals surface area (Å²) >= 11 is 0. The van der Waals surface area contributed by atoms with Crippen molar-refractivity contribution < 1.29 is 9.59 Å². The molecule has 0 heterocycles. The molecule has 1 unspecified atom stereocenters. The van der Waals surface area contributed by atoms with Gasteiger partial charge in [0.1, 0.15) is 5.78 Å². The number of ketones is 2. The van der Waals surface area contributed by atoms with Crippen LogP contribution >= 0.6 is 0 Å². The zero-order valence-electron chi connectivity index (χ0n) is 8.85. The Morgan fingerprint density at radius 2 is 2.00 bits per heavy atom. The minimum absolute atomic E-state index is 0.167. The van der Waals surface area contributed by atoms with Crippen molar-refractivity contribution in [3.05, 3.63) is 11.1 Å². The third-order valence-electron chi connectivity index (χ3n) is 3.78. The summed E-state index contributed by atoms with van der Waals surface area (Å²) < 4.78 is 0. The molecule has 2 aliphatic carbocycles. The molecule has 0 radical (unpaired) electrons. The smallest absolute Gasteiger partial charge is 0.155 e. The normalized spacial score (nSPS) is 32.0. The Morgan fingerprint density at radius 1 is 1.29 bits per heavy atom. The molecule has 2 nitrogen and oxygen atoms in total. The van der Waals surface area contributed by atoms with Crippen LogP contribution in [0.3, 0.4) is 0 Å². The van der Waals surface area contributed by atoms with E-state index in [0.717, 1.165) is 36.8 Å². The summed E-state index contributed by atoms with van der Waals surface area (Å²) in [5, 5.41) is 0. The number of Topliss-reactive ketones (excluding diaryl/α,β-unsaturated/α-hetero) is 2. The third-order valence-corrected chi connectivity index (χ3v) is 3.78. The highest BCUT2D eigenvalue weighted by Gasteiger charge is 2.45. The summed E-state index contributed by atoms with van der Waals surface area (Å²) in [5.41, 5.74) is 1.82. The zero-order chi connectivity index (χ0) is 10.3. The summed E-state index contributed by atoms with van der Waals surface area (Å²) in [6.45, 7) is 3.64. The summed E-state index contributed by atoms with van der Waals surface area (Å²) in [4.78, 5) is 23.2. The van der Waals surface area contributed by atoms with Crippen molar-refractivity contribution in [3.63, 3.8) is 0 Å². The monoisotopic (exact) mass is 192 g/mol. The van der Waals surface area contributed by atoms with Gasteiger partial charge in [-0.1, -0.05) is 0 Å². The van der Waals surface area contributed by atoms with Crippen LogP contribution < -0.4 is 0 Å². The fraction of sp³-hybridized carbons (Fsp3) is 0.667. The Bertz CT molecular complexity index is 338. The summed E-state index contributed by atoms with van der Waals surface area (Å²) in [7, 11) is 0. The summed E-state index contributed by atoms with van der Waals surface area (Å²) in [6, 6.07) is 0. The summed E-state index contributed by atoms with van der Waals surface area (Å²) in [5.74, 6) is 0.506. The van der Waals surface area contributed by atoms with Gasteiger partial charge in [-0.15, -0.1) is 0 Å². The van der Waals surface area contributed by atoms with Crippen molar-refractivity contribution in [1.29, 1.82) is 0 Å². The van der Waals surface area contributed by atoms with Crippen LogP contribution in [-0.2, 0) is 9.59 Å². The van der Waals surface area contributed by atoms with Crippen molar-refractivity contribution >= 4 is 11.6 Å². The molecule has 0 amide bonds. The standard InChI is InChI=1S/C12H16O2/c1-8(13)9-4-3-7-12(2)10(9)5-6-11(12)14/h3-7H2,1-2H3. The fourth-order valence-electron chi connectivity index (χ4n) is 2.89. The first-order chi connectivity index (χ1) is 6.55. The maximum absolute atomic E-state index is 11.8. The van der Waals surface area contributed by atoms with Crippen LogP contribution in [0.5, 0.6) is 0 Å². The molecule has 0 N–H and O–H groups in total. The van der Waals surface area contributed by atoms with Crippen molar-refractivity contribution in [2.45, 2.75) is 46.0 Å². The van der Waals surface area contributed by atoms with Crippen molar-refractivity contribution in [2.24, 2.45) is 5.41 Å². The fourth-order valence-corrected chi connectivity index (χ4v) is 2.89. The molecule has 76 valence electrons. The van der Waals surface area contributed by atoms with Gasteiger partial charge in [-0.3, -0.25) is 9.59 Å². The Kier molecular flexibility index (Phi) is 2.09. The molecule has 0 aromatic rings. The second-order valence-corrected chi connectivity index (χ2v) is 4.62. The highest BCUT2D eigenvalue weighted by atomic mass is 16.1. The van der Waals surface area contributed by atoms with Gasteiger partial charge in [-0.25, -0.2) is 0 Å². The summed E-state index contributed by atoms with van der Waals surface area (Å²) in [6.07, 6.45) is 4.28. The van der Waals surface area contributed by atoms with Crippen LogP contribution in [0.15, 0.2) is 11.1 Å². The van der Waals surface area contributed by atoms with E-state index >= 15 is 0 Å². The molecule has 0 aromatic heterocycles.